The van der Waals surface area contributed by atoms with E-state index in [4.69, 9.17) is 4.74 Å². The fraction of sp³-hybridized carbons (Fsp3) is 0.750. The Labute approximate surface area is 176 Å². The Morgan fingerprint density at radius 3 is 1.38 bits per heavy atom. The van der Waals surface area contributed by atoms with Gasteiger partial charge in [-0.05, 0) is 30.7 Å². The number of ether oxygens (including phenoxy) is 1. The topological polar surface area (TPSA) is 9.23 Å². The van der Waals surface area contributed by atoms with E-state index < -0.39 is 0 Å². The molecule has 0 saturated carbocycles. The van der Waals surface area contributed by atoms with Crippen LogP contribution in [0.4, 0.5) is 0 Å². The van der Waals surface area contributed by atoms with E-state index in [1.54, 1.807) is 0 Å². The summed E-state index contributed by atoms with van der Waals surface area (Å²) in [5, 5.41) is 0. The summed E-state index contributed by atoms with van der Waals surface area (Å²) < 4.78 is 7.08. The number of benzene rings is 1. The highest BCUT2D eigenvalue weighted by Crippen LogP contribution is 2.14. The second-order valence-corrected chi connectivity index (χ2v) is 8.97. The molecule has 0 bridgehead atoms. The second kappa shape index (κ2) is 18.1. The van der Waals surface area contributed by atoms with Crippen molar-refractivity contribution in [2.24, 2.45) is 0 Å². The van der Waals surface area contributed by atoms with Crippen LogP contribution in [0.15, 0.2) is 24.3 Å². The van der Waals surface area contributed by atoms with Crippen molar-refractivity contribution in [1.29, 1.82) is 0 Å². The van der Waals surface area contributed by atoms with E-state index >= 15 is 0 Å². The maximum atomic E-state index is 5.78. The van der Waals surface area contributed by atoms with Crippen molar-refractivity contribution in [2.75, 3.05) is 6.61 Å². The molecule has 0 unspecified atom stereocenters. The highest BCUT2D eigenvalue weighted by atomic mass is 127. The molecule has 150 valence electrons. The molecule has 1 nitrogen and oxygen atoms in total. The van der Waals surface area contributed by atoms with Crippen LogP contribution in [0.1, 0.15) is 110 Å². The summed E-state index contributed by atoms with van der Waals surface area (Å²) in [6, 6.07) is 8.38. The molecule has 0 fully saturated rings. The van der Waals surface area contributed by atoms with Crippen LogP contribution in [0, 0.1) is 3.57 Å². The van der Waals surface area contributed by atoms with Gasteiger partial charge in [-0.1, -0.05) is 103 Å². The van der Waals surface area contributed by atoms with E-state index in [2.05, 4.69) is 31.2 Å². The lowest BCUT2D eigenvalue weighted by Gasteiger charge is -2.06. The summed E-state index contributed by atoms with van der Waals surface area (Å²) in [5.41, 5.74) is 0. The fourth-order valence-corrected chi connectivity index (χ4v) is 3.76. The Kier molecular flexibility index (Phi) is 16.6. The third-order valence-corrected chi connectivity index (χ3v) is 5.87. The van der Waals surface area contributed by atoms with Gasteiger partial charge in [0.15, 0.2) is 3.57 Å². The van der Waals surface area contributed by atoms with E-state index in [1.807, 2.05) is 22.6 Å². The SMILES string of the molecule is CCCCCCCCCCCCCCCCCCOc1ccc([IH+])cc1. The molecule has 0 saturated heterocycles. The van der Waals surface area contributed by atoms with Crippen molar-refractivity contribution in [3.8, 4) is 5.75 Å². The zero-order valence-electron chi connectivity index (χ0n) is 17.1. The Bertz CT molecular complexity index is 401. The minimum absolute atomic E-state index is 0.863. The van der Waals surface area contributed by atoms with Gasteiger partial charge in [-0.3, -0.25) is 0 Å². The average molecular weight is 474 g/mol. The Balaban J connectivity index is 1.72. The molecule has 0 spiro atoms. The molecule has 0 amide bonds. The normalized spacial score (nSPS) is 11.0. The predicted molar refractivity (Wildman–Crippen MR) is 112 cm³/mol. The minimum Gasteiger partial charge on any atom is -0.494 e. The summed E-state index contributed by atoms with van der Waals surface area (Å²) >= 11 is 2.04. The first-order chi connectivity index (χ1) is 12.8. The van der Waals surface area contributed by atoms with Crippen LogP contribution in [-0.2, 0) is 0 Å². The number of hydrogen-bond donors (Lipinski definition) is 0. The molecule has 0 heterocycles. The predicted octanol–water partition coefficient (Wildman–Crippen LogP) is 4.78. The maximum absolute atomic E-state index is 5.78. The van der Waals surface area contributed by atoms with Crippen molar-refractivity contribution < 1.29 is 27.3 Å². The van der Waals surface area contributed by atoms with E-state index in [0.29, 0.717) is 0 Å². The zero-order chi connectivity index (χ0) is 18.7. The third-order valence-electron chi connectivity index (χ3n) is 5.09. The van der Waals surface area contributed by atoms with Gasteiger partial charge in [-0.2, -0.15) is 0 Å². The molecule has 0 aliphatic rings. The van der Waals surface area contributed by atoms with Crippen molar-refractivity contribution >= 4 is 0 Å². The fourth-order valence-electron chi connectivity index (χ4n) is 3.38. The van der Waals surface area contributed by atoms with Crippen LogP contribution in [0.25, 0.3) is 0 Å². The van der Waals surface area contributed by atoms with Crippen molar-refractivity contribution in [3.05, 3.63) is 27.8 Å². The molecule has 1 rings (SSSR count). The van der Waals surface area contributed by atoms with Gasteiger partial charge < -0.3 is 4.74 Å². The van der Waals surface area contributed by atoms with Gasteiger partial charge in [0.2, 0.25) is 0 Å². The highest BCUT2D eigenvalue weighted by molar-refractivity contribution is 5.20. The summed E-state index contributed by atoms with van der Waals surface area (Å²) in [4.78, 5) is 0. The van der Waals surface area contributed by atoms with Gasteiger partial charge in [-0.25, -0.2) is 0 Å². The summed E-state index contributed by atoms with van der Waals surface area (Å²) in [7, 11) is 0. The lowest BCUT2D eigenvalue weighted by atomic mass is 10.0. The zero-order valence-corrected chi connectivity index (χ0v) is 19.5. The first kappa shape index (κ1) is 23.8. The summed E-state index contributed by atoms with van der Waals surface area (Å²) in [6.45, 7) is 3.16. The van der Waals surface area contributed by atoms with Gasteiger partial charge in [-0.15, -0.1) is 0 Å². The monoisotopic (exact) mass is 473 g/mol. The molecule has 0 aliphatic carbocycles. The number of halogens is 1. The third kappa shape index (κ3) is 14.9. The van der Waals surface area contributed by atoms with E-state index in [1.165, 1.54) is 106 Å². The summed E-state index contributed by atoms with van der Waals surface area (Å²) in [5.74, 6) is 1.01. The van der Waals surface area contributed by atoms with Gasteiger partial charge in [0, 0.05) is 0 Å². The van der Waals surface area contributed by atoms with E-state index in [0.717, 1.165) is 12.4 Å². The Hall–Kier alpha value is -0.250. The lowest BCUT2D eigenvalue weighted by Crippen LogP contribution is -3.34. The maximum Gasteiger partial charge on any atom is 0.296 e. The molecule has 0 aromatic heterocycles. The number of unbranched alkanes of at least 4 members (excludes halogenated alkanes) is 15. The summed E-state index contributed by atoms with van der Waals surface area (Å²) in [6.07, 6.45) is 22.6. The smallest absolute Gasteiger partial charge is 0.296 e. The highest BCUT2D eigenvalue weighted by Gasteiger charge is 1.98. The standard InChI is InChI=1S/C24H42IO/c1-2-3-4-5-6-7-8-9-10-11-12-13-14-15-16-17-22-26-24-20-18-23(25)19-21-24/h18-21,25H,2-17,22H2,1H3/q+1. The van der Waals surface area contributed by atoms with Gasteiger partial charge in [0.25, 0.3) is 22.6 Å². The second-order valence-electron chi connectivity index (χ2n) is 7.62. The van der Waals surface area contributed by atoms with Crippen molar-refractivity contribution in [2.45, 2.75) is 110 Å². The molecule has 0 aliphatic heterocycles. The van der Waals surface area contributed by atoms with Crippen LogP contribution in [0.5, 0.6) is 5.75 Å². The molecular weight excluding hydrogens is 431 g/mol. The molecule has 0 N–H and O–H groups in total. The molecule has 0 radical (unpaired) electrons. The molecule has 26 heavy (non-hydrogen) atoms. The lowest BCUT2D eigenvalue weighted by molar-refractivity contribution is -0.328. The molecule has 1 aromatic rings. The minimum atomic E-state index is 0.863. The van der Waals surface area contributed by atoms with Crippen LogP contribution in [0.3, 0.4) is 0 Å². The van der Waals surface area contributed by atoms with Crippen LogP contribution >= 0.6 is 0 Å². The molecule has 2 heteroatoms. The Morgan fingerprint density at radius 1 is 0.577 bits per heavy atom. The van der Waals surface area contributed by atoms with Crippen molar-refractivity contribution in [1.82, 2.24) is 0 Å². The van der Waals surface area contributed by atoms with Gasteiger partial charge >= 0.3 is 0 Å². The quantitative estimate of drug-likeness (QED) is 0.220. The Morgan fingerprint density at radius 2 is 0.962 bits per heavy atom. The first-order valence-corrected chi connectivity index (χ1v) is 12.4. The first-order valence-electron chi connectivity index (χ1n) is 11.2. The average Bonchev–Trinajstić information content (AvgIpc) is 2.66. The van der Waals surface area contributed by atoms with Gasteiger partial charge in [0.1, 0.15) is 5.75 Å². The molecule has 0 atom stereocenters. The van der Waals surface area contributed by atoms with E-state index in [9.17, 15) is 0 Å². The number of rotatable bonds is 18. The molecular formula is C24H42IO+. The van der Waals surface area contributed by atoms with Crippen LogP contribution in [0.2, 0.25) is 0 Å². The van der Waals surface area contributed by atoms with Gasteiger partial charge in [0.05, 0.1) is 6.61 Å². The largest absolute Gasteiger partial charge is 0.494 e. The number of hydrogen-bond acceptors (Lipinski definition) is 1. The van der Waals surface area contributed by atoms with Crippen LogP contribution in [-0.4, -0.2) is 6.61 Å². The van der Waals surface area contributed by atoms with E-state index in [-0.39, 0.29) is 0 Å². The van der Waals surface area contributed by atoms with Crippen molar-refractivity contribution in [3.63, 3.8) is 0 Å². The molecule has 1 aromatic carbocycles. The van der Waals surface area contributed by atoms with Crippen LogP contribution < -0.4 is 27.3 Å².